The van der Waals surface area contributed by atoms with E-state index in [1.807, 2.05) is 4.90 Å². The van der Waals surface area contributed by atoms with E-state index >= 15 is 0 Å². The van der Waals surface area contributed by atoms with Gasteiger partial charge >= 0.3 is 0 Å². The summed E-state index contributed by atoms with van der Waals surface area (Å²) < 4.78 is 24.9. The van der Waals surface area contributed by atoms with Crippen LogP contribution in [0.4, 0.5) is 0 Å². The van der Waals surface area contributed by atoms with Crippen molar-refractivity contribution in [3.63, 3.8) is 0 Å². The lowest BCUT2D eigenvalue weighted by Gasteiger charge is -2.24. The molecule has 154 valence electrons. The van der Waals surface area contributed by atoms with E-state index in [2.05, 4.69) is 11.5 Å². The molecule has 0 aliphatic carbocycles. The van der Waals surface area contributed by atoms with Gasteiger partial charge < -0.3 is 14.7 Å². The first-order valence-corrected chi connectivity index (χ1v) is 11.2. The van der Waals surface area contributed by atoms with Crippen molar-refractivity contribution in [1.29, 1.82) is 0 Å². The van der Waals surface area contributed by atoms with E-state index in [9.17, 15) is 18.0 Å². The van der Waals surface area contributed by atoms with Crippen LogP contribution in [0.2, 0.25) is 0 Å². The summed E-state index contributed by atoms with van der Waals surface area (Å²) in [5, 5.41) is 0. The molecule has 1 unspecified atom stereocenters. The summed E-state index contributed by atoms with van der Waals surface area (Å²) in [6.45, 7) is 8.26. The Morgan fingerprint density at radius 1 is 1.26 bits per heavy atom. The highest BCUT2D eigenvalue weighted by atomic mass is 32.2. The molecule has 0 aromatic heterocycles. The molecule has 2 aliphatic heterocycles. The molecule has 2 aliphatic rings. The number of nitrogens with zero attached hydrogens (tertiary/aromatic N) is 4. The molecule has 0 radical (unpaired) electrons. The molecule has 2 fully saturated rings. The quantitative estimate of drug-likeness (QED) is 0.529. The minimum absolute atomic E-state index is 0.0202. The zero-order chi connectivity index (χ0) is 20.0. The molecule has 2 amide bonds. The second-order valence-corrected chi connectivity index (χ2v) is 9.76. The number of rotatable bonds is 8. The maximum atomic E-state index is 12.8. The molecule has 2 heterocycles. The average molecular weight is 401 g/mol. The van der Waals surface area contributed by atoms with E-state index in [0.717, 1.165) is 19.5 Å². The Bertz CT molecular complexity index is 650. The molecule has 27 heavy (non-hydrogen) atoms. The Morgan fingerprint density at radius 3 is 2.67 bits per heavy atom. The van der Waals surface area contributed by atoms with Crippen molar-refractivity contribution in [2.45, 2.75) is 19.3 Å². The summed E-state index contributed by atoms with van der Waals surface area (Å²) in [6, 6.07) is 0. The van der Waals surface area contributed by atoms with Gasteiger partial charge in [0, 0.05) is 53.2 Å². The number of carbonyl (C=O) groups is 2. The molecule has 0 spiro atoms. The Hall–Kier alpha value is -1.45. The van der Waals surface area contributed by atoms with Crippen LogP contribution >= 0.6 is 0 Å². The average Bonchev–Trinajstić information content (AvgIpc) is 2.82. The second kappa shape index (κ2) is 9.66. The van der Waals surface area contributed by atoms with Gasteiger partial charge in [0.25, 0.3) is 0 Å². The third kappa shape index (κ3) is 6.02. The van der Waals surface area contributed by atoms with Crippen molar-refractivity contribution < 1.29 is 18.0 Å². The van der Waals surface area contributed by atoms with E-state index in [1.54, 1.807) is 25.1 Å². The molecule has 0 aromatic carbocycles. The van der Waals surface area contributed by atoms with Crippen LogP contribution in [-0.2, 0) is 19.6 Å². The molecule has 0 saturated carbocycles. The number of hydrogen-bond acceptors (Lipinski definition) is 5. The van der Waals surface area contributed by atoms with Gasteiger partial charge in [-0.1, -0.05) is 6.08 Å². The Labute approximate surface area is 162 Å². The maximum absolute atomic E-state index is 12.8. The van der Waals surface area contributed by atoms with Crippen LogP contribution in [0.1, 0.15) is 19.3 Å². The van der Waals surface area contributed by atoms with Crippen molar-refractivity contribution in [3.05, 3.63) is 12.7 Å². The van der Waals surface area contributed by atoms with Gasteiger partial charge in [0.1, 0.15) is 0 Å². The standard InChI is InChI=1S/C18H32N4O4S/c1-4-7-22-15-16(14-17(22)23)18(24)21-10-5-8-20(11-12-21)9-6-13-27(25,26)19(2)3/h4,16H,1,5-15H2,2-3H3. The van der Waals surface area contributed by atoms with Crippen LogP contribution in [0.3, 0.4) is 0 Å². The highest BCUT2D eigenvalue weighted by Crippen LogP contribution is 2.21. The fraction of sp³-hybridized carbons (Fsp3) is 0.778. The molecule has 0 bridgehead atoms. The fourth-order valence-electron chi connectivity index (χ4n) is 3.60. The molecule has 1 atom stereocenters. The summed E-state index contributed by atoms with van der Waals surface area (Å²) in [5.74, 6) is -0.0318. The Balaban J connectivity index is 1.80. The summed E-state index contributed by atoms with van der Waals surface area (Å²) >= 11 is 0. The summed E-state index contributed by atoms with van der Waals surface area (Å²) in [7, 11) is -0.0595. The SMILES string of the molecule is C=CCN1CC(C(=O)N2CCCN(CCCS(=O)(=O)N(C)C)CC2)CC1=O. The van der Waals surface area contributed by atoms with Gasteiger partial charge in [0.2, 0.25) is 21.8 Å². The van der Waals surface area contributed by atoms with Crippen molar-refractivity contribution >= 4 is 21.8 Å². The molecule has 9 heteroatoms. The molecule has 8 nitrogen and oxygen atoms in total. The van der Waals surface area contributed by atoms with Crippen LogP contribution in [0.25, 0.3) is 0 Å². The van der Waals surface area contributed by atoms with E-state index in [1.165, 1.54) is 4.31 Å². The van der Waals surface area contributed by atoms with Gasteiger partial charge in [0.15, 0.2) is 0 Å². The summed E-state index contributed by atoms with van der Waals surface area (Å²) in [5.41, 5.74) is 0. The number of amides is 2. The first-order chi connectivity index (χ1) is 12.7. The van der Waals surface area contributed by atoms with Crippen molar-refractivity contribution in [3.8, 4) is 0 Å². The minimum Gasteiger partial charge on any atom is -0.341 e. The van der Waals surface area contributed by atoms with Crippen LogP contribution in [0, 0.1) is 5.92 Å². The van der Waals surface area contributed by atoms with Gasteiger partial charge in [0.05, 0.1) is 11.7 Å². The predicted octanol–water partition coefficient (Wildman–Crippen LogP) is -0.163. The predicted molar refractivity (Wildman–Crippen MR) is 105 cm³/mol. The molecule has 0 aromatic rings. The number of likely N-dealkylation sites (tertiary alicyclic amines) is 1. The fourth-order valence-corrected chi connectivity index (χ4v) is 4.46. The molecular formula is C18H32N4O4S. The topological polar surface area (TPSA) is 81.2 Å². The van der Waals surface area contributed by atoms with Gasteiger partial charge in [-0.3, -0.25) is 9.59 Å². The van der Waals surface area contributed by atoms with Crippen molar-refractivity contribution in [2.75, 3.05) is 65.7 Å². The number of hydrogen-bond donors (Lipinski definition) is 0. The highest BCUT2D eigenvalue weighted by Gasteiger charge is 2.36. The van der Waals surface area contributed by atoms with Gasteiger partial charge in [-0.25, -0.2) is 12.7 Å². The smallest absolute Gasteiger partial charge is 0.228 e. The minimum atomic E-state index is -3.16. The van der Waals surface area contributed by atoms with Gasteiger partial charge in [-0.05, 0) is 25.9 Å². The van der Waals surface area contributed by atoms with Gasteiger partial charge in [-0.2, -0.15) is 0 Å². The van der Waals surface area contributed by atoms with Crippen LogP contribution < -0.4 is 0 Å². The van der Waals surface area contributed by atoms with E-state index in [4.69, 9.17) is 0 Å². The monoisotopic (exact) mass is 400 g/mol. The van der Waals surface area contributed by atoms with Gasteiger partial charge in [-0.15, -0.1) is 6.58 Å². The Kier molecular flexibility index (Phi) is 7.81. The lowest BCUT2D eigenvalue weighted by molar-refractivity contribution is -0.135. The van der Waals surface area contributed by atoms with E-state index < -0.39 is 10.0 Å². The maximum Gasteiger partial charge on any atom is 0.228 e. The van der Waals surface area contributed by atoms with Crippen LogP contribution in [0.15, 0.2) is 12.7 Å². The first-order valence-electron chi connectivity index (χ1n) is 9.54. The Morgan fingerprint density at radius 2 is 2.00 bits per heavy atom. The largest absolute Gasteiger partial charge is 0.341 e. The summed E-state index contributed by atoms with van der Waals surface area (Å²) in [4.78, 5) is 30.5. The highest BCUT2D eigenvalue weighted by molar-refractivity contribution is 7.89. The molecular weight excluding hydrogens is 368 g/mol. The zero-order valence-electron chi connectivity index (χ0n) is 16.5. The normalized spacial score (nSPS) is 22.3. The zero-order valence-corrected chi connectivity index (χ0v) is 17.3. The second-order valence-electron chi connectivity index (χ2n) is 7.46. The number of carbonyl (C=O) groups excluding carboxylic acids is 2. The third-order valence-electron chi connectivity index (χ3n) is 5.25. The third-order valence-corrected chi connectivity index (χ3v) is 7.16. The molecule has 2 rings (SSSR count). The van der Waals surface area contributed by atoms with E-state index in [-0.39, 0.29) is 29.9 Å². The molecule has 2 saturated heterocycles. The van der Waals surface area contributed by atoms with E-state index in [0.29, 0.717) is 39.1 Å². The molecule has 0 N–H and O–H groups in total. The first kappa shape index (κ1) is 21.8. The lowest BCUT2D eigenvalue weighted by Crippen LogP contribution is -2.40. The number of sulfonamides is 1. The summed E-state index contributed by atoms with van der Waals surface area (Å²) in [6.07, 6.45) is 3.42. The van der Waals surface area contributed by atoms with Crippen LogP contribution in [0.5, 0.6) is 0 Å². The lowest BCUT2D eigenvalue weighted by atomic mass is 10.1. The van der Waals surface area contributed by atoms with Crippen molar-refractivity contribution in [2.24, 2.45) is 5.92 Å². The van der Waals surface area contributed by atoms with Crippen molar-refractivity contribution in [1.82, 2.24) is 19.0 Å². The van der Waals surface area contributed by atoms with Crippen LogP contribution in [-0.4, -0.2) is 105 Å².